The third kappa shape index (κ3) is 8.42. The van der Waals surface area contributed by atoms with E-state index in [1.807, 2.05) is 37.9 Å². The summed E-state index contributed by atoms with van der Waals surface area (Å²) in [6.45, 7) is 7.21. The molecule has 1 heterocycles. The number of hydrogen-bond acceptors (Lipinski definition) is 6. The SMILES string of the molecule is COC(=O)CN[C@H](Cc1ccc(Cl)cc1)C(=O)NN1CCC(C(=O)NC(C)(C)C)(C2CCCCC2)CC1. The van der Waals surface area contributed by atoms with E-state index in [1.54, 1.807) is 12.1 Å². The van der Waals surface area contributed by atoms with Crippen LogP contribution in [0.4, 0.5) is 0 Å². The van der Waals surface area contributed by atoms with Crippen molar-refractivity contribution in [2.75, 3.05) is 26.7 Å². The van der Waals surface area contributed by atoms with E-state index < -0.39 is 17.4 Å². The molecule has 37 heavy (non-hydrogen) atoms. The normalized spacial score (nSPS) is 19.6. The first-order chi connectivity index (χ1) is 17.5. The Bertz CT molecular complexity index is 917. The van der Waals surface area contributed by atoms with Crippen LogP contribution in [0.25, 0.3) is 0 Å². The van der Waals surface area contributed by atoms with Crippen LogP contribution < -0.4 is 16.1 Å². The number of amides is 2. The molecule has 1 saturated carbocycles. The maximum atomic E-state index is 13.6. The van der Waals surface area contributed by atoms with Crippen LogP contribution in [0.1, 0.15) is 71.3 Å². The largest absolute Gasteiger partial charge is 0.468 e. The van der Waals surface area contributed by atoms with Gasteiger partial charge >= 0.3 is 5.97 Å². The Morgan fingerprint density at radius 3 is 2.27 bits per heavy atom. The molecule has 1 saturated heterocycles. The molecule has 3 N–H and O–H groups in total. The Kier molecular flexibility index (Phi) is 10.4. The molecule has 1 aliphatic carbocycles. The molecule has 2 amide bonds. The Hall–Kier alpha value is -2.16. The van der Waals surface area contributed by atoms with Crippen LogP contribution in [-0.2, 0) is 25.5 Å². The Labute approximate surface area is 226 Å². The minimum absolute atomic E-state index is 0.0695. The Balaban J connectivity index is 1.67. The Morgan fingerprint density at radius 2 is 1.70 bits per heavy atom. The minimum atomic E-state index is -0.630. The predicted molar refractivity (Wildman–Crippen MR) is 145 cm³/mol. The molecular formula is C28H43ClN4O4. The third-order valence-corrected chi connectivity index (χ3v) is 7.89. The van der Waals surface area contributed by atoms with Gasteiger partial charge in [-0.05, 0) is 76.5 Å². The summed E-state index contributed by atoms with van der Waals surface area (Å²) in [6.07, 6.45) is 7.57. The summed E-state index contributed by atoms with van der Waals surface area (Å²) < 4.78 is 4.73. The third-order valence-electron chi connectivity index (χ3n) is 7.64. The molecule has 1 aromatic rings. The van der Waals surface area contributed by atoms with Crippen molar-refractivity contribution in [2.45, 2.75) is 83.7 Å². The fraction of sp³-hybridized carbons (Fsp3) is 0.679. The van der Waals surface area contributed by atoms with Gasteiger partial charge in [-0.2, -0.15) is 0 Å². The first-order valence-electron chi connectivity index (χ1n) is 13.4. The second-order valence-corrected chi connectivity index (χ2v) is 11.9. The van der Waals surface area contributed by atoms with Crippen molar-refractivity contribution in [3.63, 3.8) is 0 Å². The summed E-state index contributed by atoms with van der Waals surface area (Å²) in [6, 6.07) is 6.68. The highest BCUT2D eigenvalue weighted by Gasteiger charge is 2.48. The molecule has 1 aromatic carbocycles. The summed E-state index contributed by atoms with van der Waals surface area (Å²) >= 11 is 6.01. The van der Waals surface area contributed by atoms with E-state index in [4.69, 9.17) is 16.3 Å². The zero-order valence-corrected chi connectivity index (χ0v) is 23.5. The average molecular weight is 535 g/mol. The molecule has 9 heteroatoms. The fourth-order valence-corrected chi connectivity index (χ4v) is 5.71. The maximum absolute atomic E-state index is 13.6. The predicted octanol–water partition coefficient (Wildman–Crippen LogP) is 3.62. The van der Waals surface area contributed by atoms with Crippen molar-refractivity contribution in [3.8, 4) is 0 Å². The molecule has 0 spiro atoms. The number of hydrogen-bond donors (Lipinski definition) is 3. The summed E-state index contributed by atoms with van der Waals surface area (Å²) in [5.41, 5.74) is 3.28. The Morgan fingerprint density at radius 1 is 1.08 bits per heavy atom. The zero-order chi connectivity index (χ0) is 27.1. The summed E-state index contributed by atoms with van der Waals surface area (Å²) in [5.74, 6) is -0.128. The molecule has 0 aromatic heterocycles. The van der Waals surface area contributed by atoms with E-state index in [2.05, 4.69) is 16.1 Å². The minimum Gasteiger partial charge on any atom is -0.468 e. The summed E-state index contributed by atoms with van der Waals surface area (Å²) in [7, 11) is 1.32. The smallest absolute Gasteiger partial charge is 0.319 e. The second kappa shape index (κ2) is 13.1. The molecule has 0 unspecified atom stereocenters. The average Bonchev–Trinajstić information content (AvgIpc) is 2.87. The van der Waals surface area contributed by atoms with Gasteiger partial charge in [-0.3, -0.25) is 25.1 Å². The van der Waals surface area contributed by atoms with Gasteiger partial charge in [0.2, 0.25) is 5.91 Å². The highest BCUT2D eigenvalue weighted by molar-refractivity contribution is 6.30. The van der Waals surface area contributed by atoms with Crippen LogP contribution in [-0.4, -0.2) is 61.1 Å². The molecule has 2 fully saturated rings. The molecule has 1 atom stereocenters. The number of rotatable bonds is 9. The van der Waals surface area contributed by atoms with Crippen LogP contribution in [0.15, 0.2) is 24.3 Å². The molecule has 1 aliphatic heterocycles. The molecule has 0 bridgehead atoms. The first-order valence-corrected chi connectivity index (χ1v) is 13.8. The van der Waals surface area contributed by atoms with E-state index in [1.165, 1.54) is 26.4 Å². The van der Waals surface area contributed by atoms with Crippen LogP contribution in [0, 0.1) is 11.3 Å². The van der Waals surface area contributed by atoms with Crippen molar-refractivity contribution >= 4 is 29.4 Å². The van der Waals surface area contributed by atoms with Crippen molar-refractivity contribution in [3.05, 3.63) is 34.9 Å². The lowest BCUT2D eigenvalue weighted by molar-refractivity contribution is -0.143. The topological polar surface area (TPSA) is 99.8 Å². The quantitative estimate of drug-likeness (QED) is 0.418. The van der Waals surface area contributed by atoms with Crippen LogP contribution in [0.3, 0.4) is 0 Å². The number of carbonyl (C=O) groups is 3. The lowest BCUT2D eigenvalue weighted by Gasteiger charge is -2.47. The summed E-state index contributed by atoms with van der Waals surface area (Å²) in [4.78, 5) is 38.6. The molecule has 0 radical (unpaired) electrons. The zero-order valence-electron chi connectivity index (χ0n) is 22.7. The van der Waals surface area contributed by atoms with Crippen molar-refractivity contribution < 1.29 is 19.1 Å². The van der Waals surface area contributed by atoms with Crippen LogP contribution in [0.2, 0.25) is 5.02 Å². The highest BCUT2D eigenvalue weighted by atomic mass is 35.5. The standard InChI is InChI=1S/C28H43ClN4O4/c1-27(2,3)31-26(36)28(21-8-6-5-7-9-21)14-16-33(17-15-28)32-25(35)23(30-19-24(34)37-4)18-20-10-12-22(29)13-11-20/h10-13,21,23,30H,5-9,14-19H2,1-4H3,(H,31,36)(H,32,35)/t23-/m1/s1. The number of halogens is 1. The second-order valence-electron chi connectivity index (χ2n) is 11.5. The van der Waals surface area contributed by atoms with Gasteiger partial charge in [0.15, 0.2) is 0 Å². The lowest BCUT2D eigenvalue weighted by Crippen LogP contribution is -2.60. The van der Waals surface area contributed by atoms with Gasteiger partial charge in [0.25, 0.3) is 5.91 Å². The molecular weight excluding hydrogens is 492 g/mol. The number of benzene rings is 1. The van der Waals surface area contributed by atoms with Crippen molar-refractivity contribution in [2.24, 2.45) is 11.3 Å². The van der Waals surface area contributed by atoms with E-state index >= 15 is 0 Å². The molecule has 8 nitrogen and oxygen atoms in total. The van der Waals surface area contributed by atoms with E-state index in [0.717, 1.165) is 18.4 Å². The first kappa shape index (κ1) is 29.4. The van der Waals surface area contributed by atoms with Gasteiger partial charge in [-0.25, -0.2) is 5.01 Å². The molecule has 206 valence electrons. The number of nitrogens with one attached hydrogen (secondary N) is 3. The number of carbonyl (C=O) groups excluding carboxylic acids is 3. The van der Waals surface area contributed by atoms with Crippen LogP contribution in [0.5, 0.6) is 0 Å². The van der Waals surface area contributed by atoms with Gasteiger partial charge in [0.05, 0.1) is 25.1 Å². The molecule has 2 aliphatic rings. The highest BCUT2D eigenvalue weighted by Crippen LogP contribution is 2.46. The van der Waals surface area contributed by atoms with E-state index in [9.17, 15) is 14.4 Å². The van der Waals surface area contributed by atoms with Gasteiger partial charge < -0.3 is 10.1 Å². The summed E-state index contributed by atoms with van der Waals surface area (Å²) in [5, 5.41) is 8.82. The number of methoxy groups -OCH3 is 1. The maximum Gasteiger partial charge on any atom is 0.319 e. The van der Waals surface area contributed by atoms with Gasteiger partial charge in [0, 0.05) is 23.7 Å². The van der Waals surface area contributed by atoms with Gasteiger partial charge in [0.1, 0.15) is 0 Å². The number of hydrazine groups is 1. The number of piperidine rings is 1. The monoisotopic (exact) mass is 534 g/mol. The van der Waals surface area contributed by atoms with Gasteiger partial charge in [-0.15, -0.1) is 0 Å². The van der Waals surface area contributed by atoms with Gasteiger partial charge in [-0.1, -0.05) is 43.0 Å². The van der Waals surface area contributed by atoms with E-state index in [0.29, 0.717) is 43.3 Å². The van der Waals surface area contributed by atoms with Crippen LogP contribution >= 0.6 is 11.6 Å². The fourth-order valence-electron chi connectivity index (χ4n) is 5.58. The van der Waals surface area contributed by atoms with E-state index in [-0.39, 0.29) is 23.9 Å². The van der Waals surface area contributed by atoms with Crippen molar-refractivity contribution in [1.82, 2.24) is 21.1 Å². The van der Waals surface area contributed by atoms with Crippen molar-refractivity contribution in [1.29, 1.82) is 0 Å². The number of ether oxygens (including phenoxy) is 1. The molecule has 3 rings (SSSR count). The lowest BCUT2D eigenvalue weighted by atomic mass is 9.63. The number of nitrogens with zero attached hydrogens (tertiary/aromatic N) is 1. The number of esters is 1.